The van der Waals surface area contributed by atoms with Crippen molar-refractivity contribution in [1.82, 2.24) is 14.5 Å². The first kappa shape index (κ1) is 15.5. The number of halogens is 1. The normalized spacial score (nSPS) is 11.4. The Balaban J connectivity index is 2.28. The van der Waals surface area contributed by atoms with Gasteiger partial charge in [-0.1, -0.05) is 17.7 Å². The van der Waals surface area contributed by atoms with Crippen molar-refractivity contribution in [3.63, 3.8) is 0 Å². The van der Waals surface area contributed by atoms with E-state index in [1.807, 2.05) is 4.72 Å². The lowest BCUT2D eigenvalue weighted by Gasteiger charge is -2.07. The predicted molar refractivity (Wildman–Crippen MR) is 78.8 cm³/mol. The smallest absolute Gasteiger partial charge is 0.272 e. The number of hydrogen-bond acceptors (Lipinski definition) is 4. The Bertz CT molecular complexity index is 793. The molecule has 21 heavy (non-hydrogen) atoms. The maximum absolute atomic E-state index is 12.1. The van der Waals surface area contributed by atoms with Crippen LogP contribution < -0.4 is 4.72 Å². The number of hydrogen-bond donors (Lipinski definition) is 1. The highest BCUT2D eigenvalue weighted by Gasteiger charge is 2.21. The van der Waals surface area contributed by atoms with Gasteiger partial charge >= 0.3 is 0 Å². The van der Waals surface area contributed by atoms with Gasteiger partial charge in [0, 0.05) is 17.8 Å². The van der Waals surface area contributed by atoms with Crippen molar-refractivity contribution in [2.24, 2.45) is 7.05 Å². The zero-order valence-electron chi connectivity index (χ0n) is 11.7. The monoisotopic (exact) mass is 327 g/mol. The number of carbonyl (C=O) groups is 1. The van der Waals surface area contributed by atoms with Crippen LogP contribution in [0.5, 0.6) is 0 Å². The van der Waals surface area contributed by atoms with Gasteiger partial charge in [0.2, 0.25) is 0 Å². The van der Waals surface area contributed by atoms with Crippen molar-refractivity contribution in [3.05, 3.63) is 46.2 Å². The highest BCUT2D eigenvalue weighted by atomic mass is 35.5. The molecule has 0 bridgehead atoms. The van der Waals surface area contributed by atoms with E-state index in [-0.39, 0.29) is 10.6 Å². The van der Waals surface area contributed by atoms with Crippen LogP contribution in [-0.2, 0) is 17.1 Å². The highest BCUT2D eigenvalue weighted by Crippen LogP contribution is 2.20. The number of sulfonamides is 1. The fraction of sp³-hybridized carbons (Fsp3) is 0.231. The van der Waals surface area contributed by atoms with E-state index in [1.54, 1.807) is 27.0 Å². The van der Waals surface area contributed by atoms with E-state index in [2.05, 4.69) is 5.10 Å². The molecule has 1 amide bonds. The second kappa shape index (κ2) is 5.50. The van der Waals surface area contributed by atoms with E-state index >= 15 is 0 Å². The fourth-order valence-corrected chi connectivity index (χ4v) is 2.88. The molecule has 6 nitrogen and oxygen atoms in total. The van der Waals surface area contributed by atoms with Crippen LogP contribution in [0.25, 0.3) is 0 Å². The molecular formula is C13H14ClN3O3S. The Labute approximate surface area is 127 Å². The average molecular weight is 328 g/mol. The predicted octanol–water partition coefficient (Wildman–Crippen LogP) is 1.81. The van der Waals surface area contributed by atoms with Gasteiger partial charge in [0.15, 0.2) is 5.69 Å². The highest BCUT2D eigenvalue weighted by molar-refractivity contribution is 7.90. The van der Waals surface area contributed by atoms with E-state index < -0.39 is 15.9 Å². The van der Waals surface area contributed by atoms with Crippen molar-refractivity contribution in [2.45, 2.75) is 18.7 Å². The van der Waals surface area contributed by atoms with Crippen LogP contribution in [-0.4, -0.2) is 24.1 Å². The van der Waals surface area contributed by atoms with Gasteiger partial charge in [-0.15, -0.1) is 0 Å². The summed E-state index contributed by atoms with van der Waals surface area (Å²) in [6, 6.07) is 5.77. The summed E-state index contributed by atoms with van der Waals surface area (Å²) in [6.07, 6.45) is 0. The van der Waals surface area contributed by atoms with E-state index in [1.165, 1.54) is 22.9 Å². The van der Waals surface area contributed by atoms with Gasteiger partial charge in [-0.05, 0) is 37.6 Å². The van der Waals surface area contributed by atoms with Crippen LogP contribution in [0.15, 0.2) is 29.2 Å². The molecule has 2 rings (SSSR count). The molecule has 2 aromatic rings. The number of carbonyl (C=O) groups excluding carboxylic acids is 1. The molecule has 1 heterocycles. The maximum Gasteiger partial charge on any atom is 0.285 e. The van der Waals surface area contributed by atoms with Gasteiger partial charge in [-0.2, -0.15) is 5.10 Å². The van der Waals surface area contributed by atoms with Gasteiger partial charge in [0.1, 0.15) is 0 Å². The van der Waals surface area contributed by atoms with Gasteiger partial charge in [-0.25, -0.2) is 13.1 Å². The topological polar surface area (TPSA) is 81.1 Å². The van der Waals surface area contributed by atoms with Gasteiger partial charge in [0.05, 0.1) is 4.90 Å². The first-order chi connectivity index (χ1) is 9.70. The van der Waals surface area contributed by atoms with E-state index in [4.69, 9.17) is 11.6 Å². The van der Waals surface area contributed by atoms with Crippen molar-refractivity contribution in [2.75, 3.05) is 0 Å². The van der Waals surface area contributed by atoms with Gasteiger partial charge in [-0.3, -0.25) is 9.48 Å². The molecule has 0 aliphatic carbocycles. The van der Waals surface area contributed by atoms with Crippen molar-refractivity contribution in [1.29, 1.82) is 0 Å². The van der Waals surface area contributed by atoms with Crippen molar-refractivity contribution in [3.8, 4) is 0 Å². The lowest BCUT2D eigenvalue weighted by Crippen LogP contribution is -2.31. The van der Waals surface area contributed by atoms with E-state index in [0.29, 0.717) is 5.02 Å². The molecule has 0 saturated heterocycles. The Morgan fingerprint density at radius 3 is 2.48 bits per heavy atom. The summed E-state index contributed by atoms with van der Waals surface area (Å²) in [4.78, 5) is 11.9. The standard InChI is InChI=1S/C13H14ClN3O3S/c1-8-4-5-10(7-11(8)14)21(19,20)16-13(18)12-6-9(2)17(3)15-12/h4-7H,1-3H3,(H,16,18). The van der Waals surface area contributed by atoms with Crippen LogP contribution in [0, 0.1) is 13.8 Å². The third-order valence-electron chi connectivity index (χ3n) is 3.03. The van der Waals surface area contributed by atoms with Crippen LogP contribution in [0.1, 0.15) is 21.7 Å². The molecule has 112 valence electrons. The molecule has 0 aliphatic heterocycles. The number of amides is 1. The molecule has 0 radical (unpaired) electrons. The van der Waals surface area contributed by atoms with Crippen molar-refractivity contribution >= 4 is 27.5 Å². The lowest BCUT2D eigenvalue weighted by molar-refractivity contribution is 0.0976. The SMILES string of the molecule is Cc1ccc(S(=O)(=O)NC(=O)c2cc(C)n(C)n2)cc1Cl. The molecular weight excluding hydrogens is 314 g/mol. The largest absolute Gasteiger partial charge is 0.285 e. The average Bonchev–Trinajstić information content (AvgIpc) is 2.72. The van der Waals surface area contributed by atoms with Crippen LogP contribution in [0.3, 0.4) is 0 Å². The lowest BCUT2D eigenvalue weighted by atomic mass is 10.2. The third kappa shape index (κ3) is 3.25. The second-order valence-corrected chi connectivity index (χ2v) is 6.73. The molecule has 8 heteroatoms. The molecule has 0 aliphatic rings. The summed E-state index contributed by atoms with van der Waals surface area (Å²) in [7, 11) is -2.32. The minimum atomic E-state index is -3.98. The second-order valence-electron chi connectivity index (χ2n) is 4.64. The summed E-state index contributed by atoms with van der Waals surface area (Å²) in [5, 5.41) is 4.25. The van der Waals surface area contributed by atoms with Gasteiger partial charge < -0.3 is 0 Å². The maximum atomic E-state index is 12.1. The molecule has 0 unspecified atom stereocenters. The Hall–Kier alpha value is -1.86. The van der Waals surface area contributed by atoms with Gasteiger partial charge in [0.25, 0.3) is 15.9 Å². The zero-order chi connectivity index (χ0) is 15.8. The van der Waals surface area contributed by atoms with Crippen molar-refractivity contribution < 1.29 is 13.2 Å². The van der Waals surface area contributed by atoms with Crippen LogP contribution >= 0.6 is 11.6 Å². The molecule has 0 fully saturated rings. The summed E-state index contributed by atoms with van der Waals surface area (Å²) >= 11 is 5.90. The number of rotatable bonds is 3. The quantitative estimate of drug-likeness (QED) is 0.932. The molecule has 1 N–H and O–H groups in total. The summed E-state index contributed by atoms with van der Waals surface area (Å²) in [5.41, 5.74) is 1.54. The Kier molecular flexibility index (Phi) is 4.06. The Morgan fingerprint density at radius 1 is 1.29 bits per heavy atom. The van der Waals surface area contributed by atoms with Crippen LogP contribution in [0.2, 0.25) is 5.02 Å². The summed E-state index contributed by atoms with van der Waals surface area (Å²) in [6.45, 7) is 3.52. The first-order valence-corrected chi connectivity index (χ1v) is 7.91. The molecule has 0 spiro atoms. The summed E-state index contributed by atoms with van der Waals surface area (Å²) < 4.78 is 27.8. The molecule has 0 saturated carbocycles. The molecule has 1 aromatic carbocycles. The molecule has 0 atom stereocenters. The number of aromatic nitrogens is 2. The number of nitrogens with zero attached hydrogens (tertiary/aromatic N) is 2. The zero-order valence-corrected chi connectivity index (χ0v) is 13.3. The minimum absolute atomic E-state index is 0.0387. The Morgan fingerprint density at radius 2 is 1.95 bits per heavy atom. The minimum Gasteiger partial charge on any atom is -0.272 e. The fourth-order valence-electron chi connectivity index (χ4n) is 1.65. The molecule has 1 aromatic heterocycles. The number of aryl methyl sites for hydroxylation is 3. The first-order valence-electron chi connectivity index (χ1n) is 6.04. The summed E-state index contributed by atoms with van der Waals surface area (Å²) in [5.74, 6) is -0.782. The van der Waals surface area contributed by atoms with Crippen LogP contribution in [0.4, 0.5) is 0 Å². The van der Waals surface area contributed by atoms with E-state index in [0.717, 1.165) is 11.3 Å². The number of nitrogens with one attached hydrogen (secondary N) is 1. The third-order valence-corrected chi connectivity index (χ3v) is 4.76. The number of benzene rings is 1. The van der Waals surface area contributed by atoms with E-state index in [9.17, 15) is 13.2 Å².